The van der Waals surface area contributed by atoms with E-state index in [0.29, 0.717) is 5.54 Å². The predicted molar refractivity (Wildman–Crippen MR) is 53.2 cm³/mol. The van der Waals surface area contributed by atoms with Crippen LogP contribution in [-0.2, 0) is 0 Å². The zero-order valence-corrected chi connectivity index (χ0v) is 8.47. The molecule has 12 heavy (non-hydrogen) atoms. The van der Waals surface area contributed by atoms with E-state index in [9.17, 15) is 0 Å². The minimum absolute atomic E-state index is 0.329. The molecule has 1 saturated heterocycles. The Kier molecular flexibility index (Phi) is 3.53. The quantitative estimate of drug-likeness (QED) is 0.697. The standard InChI is InChI=1S/C10H22N2/c1-10(2,6-7-11)12-8-4-3-5-9-12/h3-9,11H2,1-2H3. The second-order valence-electron chi connectivity index (χ2n) is 4.40. The summed E-state index contributed by atoms with van der Waals surface area (Å²) in [4.78, 5) is 2.59. The van der Waals surface area contributed by atoms with Crippen LogP contribution in [0, 0.1) is 0 Å². The van der Waals surface area contributed by atoms with E-state index in [1.165, 1.54) is 32.4 Å². The van der Waals surface area contributed by atoms with E-state index in [0.717, 1.165) is 13.0 Å². The molecule has 2 nitrogen and oxygen atoms in total. The van der Waals surface area contributed by atoms with E-state index in [2.05, 4.69) is 18.7 Å². The molecule has 0 aromatic rings. The van der Waals surface area contributed by atoms with Crippen LogP contribution in [-0.4, -0.2) is 30.1 Å². The van der Waals surface area contributed by atoms with Crippen molar-refractivity contribution in [1.29, 1.82) is 0 Å². The molecule has 0 radical (unpaired) electrons. The van der Waals surface area contributed by atoms with Crippen molar-refractivity contribution < 1.29 is 0 Å². The molecule has 1 aliphatic rings. The lowest BCUT2D eigenvalue weighted by molar-refractivity contribution is 0.0901. The largest absolute Gasteiger partial charge is 0.330 e. The molecular formula is C10H22N2. The van der Waals surface area contributed by atoms with Gasteiger partial charge < -0.3 is 5.73 Å². The molecule has 0 aliphatic carbocycles. The molecule has 0 saturated carbocycles. The third-order valence-electron chi connectivity index (χ3n) is 2.97. The smallest absolute Gasteiger partial charge is 0.0165 e. The van der Waals surface area contributed by atoms with Crippen LogP contribution in [0.2, 0.25) is 0 Å². The zero-order chi connectivity index (χ0) is 9.03. The predicted octanol–water partition coefficient (Wildman–Crippen LogP) is 1.60. The lowest BCUT2D eigenvalue weighted by Crippen LogP contribution is -2.47. The number of piperidine rings is 1. The first-order valence-electron chi connectivity index (χ1n) is 5.12. The van der Waals surface area contributed by atoms with Crippen LogP contribution >= 0.6 is 0 Å². The third-order valence-corrected chi connectivity index (χ3v) is 2.97. The molecule has 0 spiro atoms. The highest BCUT2D eigenvalue weighted by atomic mass is 15.2. The van der Waals surface area contributed by atoms with Crippen molar-refractivity contribution in [2.45, 2.75) is 45.1 Å². The summed E-state index contributed by atoms with van der Waals surface area (Å²) in [6.45, 7) is 7.97. The fraction of sp³-hybridized carbons (Fsp3) is 1.00. The average Bonchev–Trinajstić information content (AvgIpc) is 2.06. The minimum atomic E-state index is 0.329. The number of likely N-dealkylation sites (tertiary alicyclic amines) is 1. The molecule has 0 unspecified atom stereocenters. The highest BCUT2D eigenvalue weighted by Gasteiger charge is 2.26. The van der Waals surface area contributed by atoms with Gasteiger partial charge in [-0.25, -0.2) is 0 Å². The molecular weight excluding hydrogens is 148 g/mol. The molecule has 1 heterocycles. The van der Waals surface area contributed by atoms with Gasteiger partial charge in [-0.1, -0.05) is 6.42 Å². The molecule has 1 fully saturated rings. The maximum absolute atomic E-state index is 5.59. The molecule has 72 valence electrons. The molecule has 1 rings (SSSR count). The Bertz CT molecular complexity index is 126. The van der Waals surface area contributed by atoms with E-state index in [4.69, 9.17) is 5.73 Å². The number of nitrogens with two attached hydrogens (primary N) is 1. The van der Waals surface area contributed by atoms with Gasteiger partial charge >= 0.3 is 0 Å². The fourth-order valence-electron chi connectivity index (χ4n) is 2.01. The van der Waals surface area contributed by atoms with Gasteiger partial charge in [-0.2, -0.15) is 0 Å². The van der Waals surface area contributed by atoms with E-state index in [1.54, 1.807) is 0 Å². The van der Waals surface area contributed by atoms with Crippen molar-refractivity contribution in [3.8, 4) is 0 Å². The van der Waals surface area contributed by atoms with Crippen LogP contribution in [0.4, 0.5) is 0 Å². The first-order chi connectivity index (χ1) is 5.67. The lowest BCUT2D eigenvalue weighted by Gasteiger charge is -2.41. The molecule has 0 amide bonds. The summed E-state index contributed by atoms with van der Waals surface area (Å²) < 4.78 is 0. The van der Waals surface area contributed by atoms with Gasteiger partial charge in [0.15, 0.2) is 0 Å². The molecule has 0 aromatic carbocycles. The number of hydrogen-bond donors (Lipinski definition) is 1. The van der Waals surface area contributed by atoms with Gasteiger partial charge in [-0.15, -0.1) is 0 Å². The number of hydrogen-bond acceptors (Lipinski definition) is 2. The highest BCUT2D eigenvalue weighted by Crippen LogP contribution is 2.22. The van der Waals surface area contributed by atoms with Gasteiger partial charge in [0.1, 0.15) is 0 Å². The van der Waals surface area contributed by atoms with Crippen molar-refractivity contribution >= 4 is 0 Å². The SMILES string of the molecule is CC(C)(CCN)N1CCCCC1. The van der Waals surface area contributed by atoms with E-state index in [-0.39, 0.29) is 0 Å². The Morgan fingerprint density at radius 2 is 1.75 bits per heavy atom. The van der Waals surface area contributed by atoms with Gasteiger partial charge in [-0.05, 0) is 52.7 Å². The Morgan fingerprint density at radius 1 is 1.17 bits per heavy atom. The minimum Gasteiger partial charge on any atom is -0.330 e. The van der Waals surface area contributed by atoms with Crippen molar-refractivity contribution in [3.05, 3.63) is 0 Å². The maximum atomic E-state index is 5.59. The maximum Gasteiger partial charge on any atom is 0.0165 e. The Balaban J connectivity index is 2.41. The summed E-state index contributed by atoms with van der Waals surface area (Å²) in [5.41, 5.74) is 5.92. The normalized spacial score (nSPS) is 21.2. The molecule has 0 aromatic heterocycles. The highest BCUT2D eigenvalue weighted by molar-refractivity contribution is 4.83. The van der Waals surface area contributed by atoms with Crippen LogP contribution in [0.5, 0.6) is 0 Å². The van der Waals surface area contributed by atoms with Gasteiger partial charge in [0.2, 0.25) is 0 Å². The number of nitrogens with zero attached hydrogens (tertiary/aromatic N) is 1. The summed E-state index contributed by atoms with van der Waals surface area (Å²) in [7, 11) is 0. The van der Waals surface area contributed by atoms with Crippen LogP contribution in [0.25, 0.3) is 0 Å². The Morgan fingerprint density at radius 3 is 2.25 bits per heavy atom. The Labute approximate surface area is 76.1 Å². The zero-order valence-electron chi connectivity index (χ0n) is 8.47. The van der Waals surface area contributed by atoms with Gasteiger partial charge in [0, 0.05) is 5.54 Å². The average molecular weight is 170 g/mol. The Hall–Kier alpha value is -0.0800. The van der Waals surface area contributed by atoms with Crippen LogP contribution in [0.1, 0.15) is 39.5 Å². The second kappa shape index (κ2) is 4.24. The molecule has 2 heteroatoms. The molecule has 1 aliphatic heterocycles. The summed E-state index contributed by atoms with van der Waals surface area (Å²) in [6.07, 6.45) is 5.27. The molecule has 0 bridgehead atoms. The van der Waals surface area contributed by atoms with Gasteiger partial charge in [-0.3, -0.25) is 4.90 Å². The first kappa shape index (κ1) is 10.0. The lowest BCUT2D eigenvalue weighted by atomic mass is 9.95. The van der Waals surface area contributed by atoms with Crippen LogP contribution < -0.4 is 5.73 Å². The van der Waals surface area contributed by atoms with Crippen LogP contribution in [0.15, 0.2) is 0 Å². The first-order valence-corrected chi connectivity index (χ1v) is 5.12. The van der Waals surface area contributed by atoms with E-state index in [1.807, 2.05) is 0 Å². The van der Waals surface area contributed by atoms with Crippen LogP contribution in [0.3, 0.4) is 0 Å². The molecule has 2 N–H and O–H groups in total. The second-order valence-corrected chi connectivity index (χ2v) is 4.40. The summed E-state index contributed by atoms with van der Waals surface area (Å²) >= 11 is 0. The van der Waals surface area contributed by atoms with Gasteiger partial charge in [0.05, 0.1) is 0 Å². The molecule has 0 atom stereocenters. The summed E-state index contributed by atoms with van der Waals surface area (Å²) in [5, 5.41) is 0. The van der Waals surface area contributed by atoms with Gasteiger partial charge in [0.25, 0.3) is 0 Å². The summed E-state index contributed by atoms with van der Waals surface area (Å²) in [5.74, 6) is 0. The van der Waals surface area contributed by atoms with E-state index < -0.39 is 0 Å². The monoisotopic (exact) mass is 170 g/mol. The van der Waals surface area contributed by atoms with Crippen molar-refractivity contribution in [1.82, 2.24) is 4.90 Å². The fourth-order valence-corrected chi connectivity index (χ4v) is 2.01. The van der Waals surface area contributed by atoms with Crippen molar-refractivity contribution in [2.24, 2.45) is 5.73 Å². The third kappa shape index (κ3) is 2.46. The summed E-state index contributed by atoms with van der Waals surface area (Å²) in [6, 6.07) is 0. The van der Waals surface area contributed by atoms with Crippen molar-refractivity contribution in [2.75, 3.05) is 19.6 Å². The van der Waals surface area contributed by atoms with Crippen molar-refractivity contribution in [3.63, 3.8) is 0 Å². The van der Waals surface area contributed by atoms with E-state index >= 15 is 0 Å². The topological polar surface area (TPSA) is 29.3 Å². The number of rotatable bonds is 3.